The molecule has 7 nitrogen and oxygen atoms in total. The van der Waals surface area contributed by atoms with Gasteiger partial charge < -0.3 is 14.8 Å². The first-order valence-electron chi connectivity index (χ1n) is 6.43. The van der Waals surface area contributed by atoms with Crippen LogP contribution in [-0.2, 0) is 0 Å². The van der Waals surface area contributed by atoms with Crippen LogP contribution in [0.4, 0.5) is 10.5 Å². The molecule has 1 aromatic carbocycles. The number of halogens is 2. The summed E-state index contributed by atoms with van der Waals surface area (Å²) in [6.45, 7) is 0.202. The molecule has 0 spiro atoms. The van der Waals surface area contributed by atoms with Crippen molar-refractivity contribution < 1.29 is 14.3 Å². The van der Waals surface area contributed by atoms with E-state index in [9.17, 15) is 4.79 Å². The van der Waals surface area contributed by atoms with Gasteiger partial charge in [-0.05, 0) is 35.9 Å². The number of fused-ring (bicyclic) bond motifs is 1. The summed E-state index contributed by atoms with van der Waals surface area (Å²) >= 11 is 11.5. The molecule has 118 valence electrons. The number of nitrogens with zero attached hydrogens (tertiary/aromatic N) is 2. The van der Waals surface area contributed by atoms with Crippen molar-refractivity contribution >= 4 is 41.1 Å². The van der Waals surface area contributed by atoms with Gasteiger partial charge in [-0.2, -0.15) is 5.10 Å². The Kier molecular flexibility index (Phi) is 4.50. The molecule has 1 aliphatic rings. The molecule has 0 aliphatic carbocycles. The van der Waals surface area contributed by atoms with Gasteiger partial charge in [0.25, 0.3) is 0 Å². The Morgan fingerprint density at radius 1 is 1.17 bits per heavy atom. The molecule has 9 heteroatoms. The van der Waals surface area contributed by atoms with Crippen LogP contribution < -0.4 is 20.2 Å². The highest BCUT2D eigenvalue weighted by molar-refractivity contribution is 6.32. The monoisotopic (exact) mass is 352 g/mol. The quantitative estimate of drug-likeness (QED) is 0.504. The molecular formula is C14H10Cl2N4O3. The molecule has 0 unspecified atom stereocenters. The SMILES string of the molecule is O=C(N/N=C/c1ccc2c(c1)OCO2)Nc1cc(Cl)nc(Cl)c1. The number of carbonyl (C=O) groups excluding carboxylic acids is 1. The van der Waals surface area contributed by atoms with Gasteiger partial charge in [-0.15, -0.1) is 0 Å². The summed E-state index contributed by atoms with van der Waals surface area (Å²) in [5.41, 5.74) is 3.49. The van der Waals surface area contributed by atoms with Crippen molar-refractivity contribution in [2.45, 2.75) is 0 Å². The lowest BCUT2D eigenvalue weighted by Gasteiger charge is -2.04. The van der Waals surface area contributed by atoms with E-state index in [-0.39, 0.29) is 17.1 Å². The number of hydrogen-bond acceptors (Lipinski definition) is 5. The van der Waals surface area contributed by atoms with Crippen LogP contribution in [0.15, 0.2) is 35.4 Å². The van der Waals surface area contributed by atoms with E-state index in [1.54, 1.807) is 18.2 Å². The minimum absolute atomic E-state index is 0.177. The predicted octanol–water partition coefficient (Wildman–Crippen LogP) is 3.27. The van der Waals surface area contributed by atoms with E-state index < -0.39 is 6.03 Å². The summed E-state index contributed by atoms with van der Waals surface area (Å²) in [7, 11) is 0. The van der Waals surface area contributed by atoms with E-state index in [1.807, 2.05) is 0 Å². The average molecular weight is 353 g/mol. The smallest absolute Gasteiger partial charge is 0.339 e. The van der Waals surface area contributed by atoms with E-state index in [2.05, 4.69) is 20.8 Å². The van der Waals surface area contributed by atoms with Crippen molar-refractivity contribution in [2.24, 2.45) is 5.10 Å². The number of amides is 2. The van der Waals surface area contributed by atoms with Gasteiger partial charge in [0.1, 0.15) is 10.3 Å². The molecule has 0 saturated heterocycles. The number of aromatic nitrogens is 1. The van der Waals surface area contributed by atoms with Crippen molar-refractivity contribution in [3.63, 3.8) is 0 Å². The number of nitrogens with one attached hydrogen (secondary N) is 2. The molecular weight excluding hydrogens is 343 g/mol. The summed E-state index contributed by atoms with van der Waals surface area (Å²) in [4.78, 5) is 15.5. The van der Waals surface area contributed by atoms with Crippen molar-refractivity contribution in [1.29, 1.82) is 0 Å². The van der Waals surface area contributed by atoms with Gasteiger partial charge in [0.15, 0.2) is 11.5 Å². The van der Waals surface area contributed by atoms with Crippen LogP contribution in [-0.4, -0.2) is 24.0 Å². The Morgan fingerprint density at radius 3 is 2.70 bits per heavy atom. The third-order valence-corrected chi connectivity index (χ3v) is 3.18. The van der Waals surface area contributed by atoms with Crippen LogP contribution in [0.3, 0.4) is 0 Å². The zero-order valence-electron chi connectivity index (χ0n) is 11.5. The van der Waals surface area contributed by atoms with E-state index in [0.29, 0.717) is 17.2 Å². The van der Waals surface area contributed by atoms with Gasteiger partial charge >= 0.3 is 6.03 Å². The Bertz CT molecular complexity index is 762. The fraction of sp³-hybridized carbons (Fsp3) is 0.0714. The number of urea groups is 1. The van der Waals surface area contributed by atoms with Crippen molar-refractivity contribution in [1.82, 2.24) is 10.4 Å². The minimum atomic E-state index is -0.541. The number of rotatable bonds is 3. The second kappa shape index (κ2) is 6.72. The van der Waals surface area contributed by atoms with Gasteiger partial charge in [-0.3, -0.25) is 0 Å². The van der Waals surface area contributed by atoms with Crippen LogP contribution >= 0.6 is 23.2 Å². The lowest BCUT2D eigenvalue weighted by atomic mass is 10.2. The minimum Gasteiger partial charge on any atom is -0.454 e. The summed E-state index contributed by atoms with van der Waals surface area (Å²) in [5.74, 6) is 1.32. The van der Waals surface area contributed by atoms with E-state index in [1.165, 1.54) is 18.3 Å². The van der Waals surface area contributed by atoms with Gasteiger partial charge in [0.05, 0.1) is 6.21 Å². The summed E-state index contributed by atoms with van der Waals surface area (Å²) < 4.78 is 10.5. The van der Waals surface area contributed by atoms with Gasteiger partial charge in [-0.25, -0.2) is 15.2 Å². The first-order valence-corrected chi connectivity index (χ1v) is 7.18. The number of carbonyl (C=O) groups is 1. The zero-order valence-corrected chi connectivity index (χ0v) is 13.1. The maximum atomic E-state index is 11.7. The second-order valence-electron chi connectivity index (χ2n) is 4.44. The van der Waals surface area contributed by atoms with E-state index in [0.717, 1.165) is 5.56 Å². The normalized spacial score (nSPS) is 12.4. The maximum Gasteiger partial charge on any atom is 0.339 e. The largest absolute Gasteiger partial charge is 0.454 e. The number of benzene rings is 1. The van der Waals surface area contributed by atoms with Crippen LogP contribution in [0.5, 0.6) is 11.5 Å². The molecule has 23 heavy (non-hydrogen) atoms. The van der Waals surface area contributed by atoms with Crippen molar-refractivity contribution in [2.75, 3.05) is 12.1 Å². The number of hydrazone groups is 1. The Hall–Kier alpha value is -2.51. The third-order valence-electron chi connectivity index (χ3n) is 2.80. The maximum absolute atomic E-state index is 11.7. The van der Waals surface area contributed by atoms with Crippen molar-refractivity contribution in [3.05, 3.63) is 46.2 Å². The molecule has 3 rings (SSSR count). The van der Waals surface area contributed by atoms with Crippen LogP contribution in [0, 0.1) is 0 Å². The van der Waals surface area contributed by atoms with E-state index in [4.69, 9.17) is 32.7 Å². The number of ether oxygens (including phenoxy) is 2. The molecule has 1 aliphatic heterocycles. The van der Waals surface area contributed by atoms with Crippen LogP contribution in [0.25, 0.3) is 0 Å². The fourth-order valence-corrected chi connectivity index (χ4v) is 2.32. The highest BCUT2D eigenvalue weighted by atomic mass is 35.5. The highest BCUT2D eigenvalue weighted by Gasteiger charge is 2.12. The standard InChI is InChI=1S/C14H10Cl2N4O3/c15-12-4-9(5-13(16)19-12)18-14(21)20-17-6-8-1-2-10-11(3-8)23-7-22-10/h1-6H,7H2,(H2,18,19,20,21)/b17-6+. The molecule has 0 saturated carbocycles. The van der Waals surface area contributed by atoms with Gasteiger partial charge in [0.2, 0.25) is 6.79 Å². The third kappa shape index (κ3) is 4.02. The fourth-order valence-electron chi connectivity index (χ4n) is 1.85. The molecule has 0 fully saturated rings. The highest BCUT2D eigenvalue weighted by Crippen LogP contribution is 2.31. The summed E-state index contributed by atoms with van der Waals surface area (Å²) in [5, 5.41) is 6.73. The summed E-state index contributed by atoms with van der Waals surface area (Å²) in [6, 6.07) is 7.71. The number of anilines is 1. The Balaban J connectivity index is 1.58. The lowest BCUT2D eigenvalue weighted by molar-refractivity contribution is 0.174. The number of pyridine rings is 1. The molecule has 2 N–H and O–H groups in total. The Labute approximate surface area is 141 Å². The molecule has 0 bridgehead atoms. The molecule has 2 aromatic rings. The Morgan fingerprint density at radius 2 is 1.91 bits per heavy atom. The zero-order chi connectivity index (χ0) is 16.2. The first kappa shape index (κ1) is 15.4. The number of hydrogen-bond donors (Lipinski definition) is 2. The molecule has 2 heterocycles. The van der Waals surface area contributed by atoms with Crippen LogP contribution in [0.2, 0.25) is 10.3 Å². The van der Waals surface area contributed by atoms with Gasteiger partial charge in [0, 0.05) is 5.69 Å². The predicted molar refractivity (Wildman–Crippen MR) is 86.6 cm³/mol. The molecule has 2 amide bonds. The average Bonchev–Trinajstić information content (AvgIpc) is 2.93. The van der Waals surface area contributed by atoms with Crippen molar-refractivity contribution in [3.8, 4) is 11.5 Å². The molecule has 1 aromatic heterocycles. The second-order valence-corrected chi connectivity index (χ2v) is 5.21. The topological polar surface area (TPSA) is 84.8 Å². The van der Waals surface area contributed by atoms with E-state index >= 15 is 0 Å². The lowest BCUT2D eigenvalue weighted by Crippen LogP contribution is -2.24. The summed E-state index contributed by atoms with van der Waals surface area (Å²) in [6.07, 6.45) is 1.48. The molecule has 0 radical (unpaired) electrons. The molecule has 0 atom stereocenters. The first-order chi connectivity index (χ1) is 11.1. The van der Waals surface area contributed by atoms with Crippen LogP contribution in [0.1, 0.15) is 5.56 Å². The van der Waals surface area contributed by atoms with Gasteiger partial charge in [-0.1, -0.05) is 23.2 Å².